The highest BCUT2D eigenvalue weighted by Gasteiger charge is 2.16. The Kier molecular flexibility index (Phi) is 4.88. The highest BCUT2D eigenvalue weighted by atomic mass is 16.5. The van der Waals surface area contributed by atoms with Crippen molar-refractivity contribution in [3.63, 3.8) is 0 Å². The normalized spacial score (nSPS) is 10.1. The minimum Gasteiger partial charge on any atom is -0.504 e. The second-order valence-corrected chi connectivity index (χ2v) is 4.75. The lowest BCUT2D eigenvalue weighted by Crippen LogP contribution is -1.95. The van der Waals surface area contributed by atoms with E-state index < -0.39 is 0 Å². The third-order valence-electron chi connectivity index (χ3n) is 3.49. The van der Waals surface area contributed by atoms with Crippen molar-refractivity contribution >= 4 is 6.47 Å². The average molecular weight is 302 g/mol. The summed E-state index contributed by atoms with van der Waals surface area (Å²) in [7, 11) is 2.98. The van der Waals surface area contributed by atoms with Crippen LogP contribution in [0.5, 0.6) is 17.2 Å². The van der Waals surface area contributed by atoms with Crippen LogP contribution in [-0.2, 0) is 16.1 Å². The van der Waals surface area contributed by atoms with E-state index in [1.165, 1.54) is 14.2 Å². The van der Waals surface area contributed by atoms with Gasteiger partial charge in [0.1, 0.15) is 6.61 Å². The van der Waals surface area contributed by atoms with E-state index in [-0.39, 0.29) is 18.1 Å². The zero-order valence-electron chi connectivity index (χ0n) is 12.8. The molecule has 0 saturated carbocycles. The summed E-state index contributed by atoms with van der Waals surface area (Å²) in [5.41, 5.74) is 3.29. The Hall–Kier alpha value is -2.69. The van der Waals surface area contributed by atoms with Crippen molar-refractivity contribution in [2.45, 2.75) is 13.5 Å². The fraction of sp³-hybridized carbons (Fsp3) is 0.235. The van der Waals surface area contributed by atoms with Gasteiger partial charge in [-0.3, -0.25) is 4.79 Å². The first-order valence-electron chi connectivity index (χ1n) is 6.71. The van der Waals surface area contributed by atoms with Crippen molar-refractivity contribution < 1.29 is 24.1 Å². The maximum atomic E-state index is 10.4. The number of phenolic OH excluding ortho intramolecular Hbond substituents is 1. The first-order chi connectivity index (χ1) is 10.6. The van der Waals surface area contributed by atoms with Gasteiger partial charge in [0.2, 0.25) is 5.75 Å². The van der Waals surface area contributed by atoms with E-state index in [4.69, 9.17) is 14.2 Å². The van der Waals surface area contributed by atoms with E-state index in [1.807, 2.05) is 25.1 Å². The van der Waals surface area contributed by atoms with E-state index in [2.05, 4.69) is 0 Å². The predicted octanol–water partition coefficient (Wildman–Crippen LogP) is 3.06. The van der Waals surface area contributed by atoms with E-state index in [0.717, 1.165) is 16.7 Å². The Morgan fingerprint density at radius 1 is 1.14 bits per heavy atom. The fourth-order valence-corrected chi connectivity index (χ4v) is 2.26. The molecule has 0 aliphatic carbocycles. The summed E-state index contributed by atoms with van der Waals surface area (Å²) >= 11 is 0. The highest BCUT2D eigenvalue weighted by Crippen LogP contribution is 2.43. The smallest absolute Gasteiger partial charge is 0.293 e. The van der Waals surface area contributed by atoms with E-state index in [9.17, 15) is 9.90 Å². The van der Waals surface area contributed by atoms with Gasteiger partial charge in [-0.05, 0) is 41.8 Å². The number of hydrogen-bond acceptors (Lipinski definition) is 5. The van der Waals surface area contributed by atoms with Crippen LogP contribution in [0.1, 0.15) is 11.1 Å². The molecule has 0 aliphatic rings. The molecule has 0 bridgehead atoms. The van der Waals surface area contributed by atoms with Gasteiger partial charge in [-0.15, -0.1) is 0 Å². The van der Waals surface area contributed by atoms with Crippen LogP contribution in [0.25, 0.3) is 11.1 Å². The summed E-state index contributed by atoms with van der Waals surface area (Å²) in [5.74, 6) is 0.750. The number of carbonyl (C=O) groups excluding carboxylic acids is 1. The number of phenols is 1. The van der Waals surface area contributed by atoms with Gasteiger partial charge in [-0.2, -0.15) is 0 Å². The van der Waals surface area contributed by atoms with Crippen molar-refractivity contribution in [1.82, 2.24) is 0 Å². The number of hydrogen-bond donors (Lipinski definition) is 1. The van der Waals surface area contributed by atoms with Crippen LogP contribution in [-0.4, -0.2) is 25.8 Å². The maximum absolute atomic E-state index is 10.4. The Bertz CT molecular complexity index is 679. The zero-order valence-corrected chi connectivity index (χ0v) is 12.8. The Morgan fingerprint density at radius 2 is 1.91 bits per heavy atom. The summed E-state index contributed by atoms with van der Waals surface area (Å²) in [6.45, 7) is 2.54. The van der Waals surface area contributed by atoms with Gasteiger partial charge in [-0.1, -0.05) is 12.1 Å². The minimum absolute atomic E-state index is 0.00737. The van der Waals surface area contributed by atoms with Crippen LogP contribution in [0.4, 0.5) is 0 Å². The molecule has 5 heteroatoms. The van der Waals surface area contributed by atoms with E-state index in [0.29, 0.717) is 17.8 Å². The Balaban J connectivity index is 2.50. The number of aromatic hydroxyl groups is 1. The van der Waals surface area contributed by atoms with Crippen LogP contribution in [0.2, 0.25) is 0 Å². The largest absolute Gasteiger partial charge is 0.504 e. The minimum atomic E-state index is 0.00737. The van der Waals surface area contributed by atoms with Gasteiger partial charge >= 0.3 is 0 Å². The van der Waals surface area contributed by atoms with Crippen molar-refractivity contribution in [2.75, 3.05) is 14.2 Å². The van der Waals surface area contributed by atoms with Crippen LogP contribution in [0, 0.1) is 6.92 Å². The lowest BCUT2D eigenvalue weighted by atomic mass is 9.99. The number of benzene rings is 2. The van der Waals surface area contributed by atoms with Crippen LogP contribution in [0.3, 0.4) is 0 Å². The lowest BCUT2D eigenvalue weighted by Gasteiger charge is -2.14. The van der Waals surface area contributed by atoms with Crippen molar-refractivity contribution in [2.24, 2.45) is 0 Å². The van der Waals surface area contributed by atoms with Gasteiger partial charge in [0.05, 0.1) is 14.2 Å². The topological polar surface area (TPSA) is 65.0 Å². The van der Waals surface area contributed by atoms with Gasteiger partial charge in [0, 0.05) is 5.56 Å². The van der Waals surface area contributed by atoms with Gasteiger partial charge in [-0.25, -0.2) is 0 Å². The van der Waals surface area contributed by atoms with Crippen LogP contribution in [0.15, 0.2) is 30.3 Å². The summed E-state index contributed by atoms with van der Waals surface area (Å²) in [6, 6.07) is 9.16. The predicted molar refractivity (Wildman–Crippen MR) is 82.2 cm³/mol. The number of carbonyl (C=O) groups is 1. The lowest BCUT2D eigenvalue weighted by molar-refractivity contribution is -0.129. The van der Waals surface area contributed by atoms with Crippen LogP contribution >= 0.6 is 0 Å². The van der Waals surface area contributed by atoms with Crippen molar-refractivity contribution in [1.29, 1.82) is 0 Å². The molecule has 0 heterocycles. The molecule has 0 saturated heterocycles. The molecule has 0 aromatic heterocycles. The second-order valence-electron chi connectivity index (χ2n) is 4.75. The first-order valence-corrected chi connectivity index (χ1v) is 6.71. The summed E-state index contributed by atoms with van der Waals surface area (Å²) in [4.78, 5) is 10.4. The Labute approximate surface area is 129 Å². The zero-order chi connectivity index (χ0) is 16.1. The molecule has 2 aromatic carbocycles. The maximum Gasteiger partial charge on any atom is 0.293 e. The second kappa shape index (κ2) is 6.85. The number of ether oxygens (including phenoxy) is 3. The standard InChI is InChI=1S/C17H18O5/c1-11-4-5-12(8-13(11)9-22-10-18)14-6-7-15(20-2)17(21-3)16(14)19/h4-8,10,19H,9H2,1-3H3. The first kappa shape index (κ1) is 15.7. The molecule has 0 amide bonds. The number of aryl methyl sites for hydroxylation is 1. The molecule has 0 unspecified atom stereocenters. The van der Waals surface area contributed by atoms with Crippen molar-refractivity contribution in [3.8, 4) is 28.4 Å². The monoisotopic (exact) mass is 302 g/mol. The average Bonchev–Trinajstić information content (AvgIpc) is 2.54. The molecular weight excluding hydrogens is 284 g/mol. The van der Waals surface area contributed by atoms with Crippen LogP contribution < -0.4 is 9.47 Å². The molecule has 0 radical (unpaired) electrons. The molecule has 2 rings (SSSR count). The quantitative estimate of drug-likeness (QED) is 0.831. The highest BCUT2D eigenvalue weighted by molar-refractivity contribution is 5.76. The van der Waals surface area contributed by atoms with Gasteiger partial charge in [0.25, 0.3) is 6.47 Å². The SMILES string of the molecule is COc1ccc(-c2ccc(C)c(COC=O)c2)c(O)c1OC. The summed E-state index contributed by atoms with van der Waals surface area (Å²) in [5, 5.41) is 10.4. The Morgan fingerprint density at radius 3 is 2.55 bits per heavy atom. The molecule has 22 heavy (non-hydrogen) atoms. The van der Waals surface area contributed by atoms with Gasteiger partial charge < -0.3 is 19.3 Å². The number of methoxy groups -OCH3 is 2. The molecule has 0 spiro atoms. The van der Waals surface area contributed by atoms with E-state index >= 15 is 0 Å². The summed E-state index contributed by atoms with van der Waals surface area (Å²) < 4.78 is 15.2. The summed E-state index contributed by atoms with van der Waals surface area (Å²) in [6.07, 6.45) is 0. The van der Waals surface area contributed by atoms with E-state index in [1.54, 1.807) is 12.1 Å². The molecule has 1 N–H and O–H groups in total. The molecule has 2 aromatic rings. The molecule has 5 nitrogen and oxygen atoms in total. The van der Waals surface area contributed by atoms with Crippen molar-refractivity contribution in [3.05, 3.63) is 41.5 Å². The number of rotatable bonds is 6. The third kappa shape index (κ3) is 2.98. The molecular formula is C17H18O5. The molecule has 0 atom stereocenters. The fourth-order valence-electron chi connectivity index (χ4n) is 2.26. The molecule has 116 valence electrons. The third-order valence-corrected chi connectivity index (χ3v) is 3.49. The van der Waals surface area contributed by atoms with Gasteiger partial charge in [0.15, 0.2) is 11.5 Å². The molecule has 0 aliphatic heterocycles. The molecule has 0 fully saturated rings.